The van der Waals surface area contributed by atoms with E-state index in [1.54, 1.807) is 0 Å². The van der Waals surface area contributed by atoms with Gasteiger partial charge in [-0.25, -0.2) is 0 Å². The van der Waals surface area contributed by atoms with Crippen molar-refractivity contribution < 1.29 is 9.47 Å². The molecule has 0 spiro atoms. The zero-order valence-electron chi connectivity index (χ0n) is 7.48. The number of ether oxygens (including phenoxy) is 2. The standard InChI is InChI=1S/C9H14N2O2/c1-2-5-11(4-1)10-7-9-3-6-12-8-13-9/h1-2,4-5,9-10H,3,6-8H2. The third-order valence-electron chi connectivity index (χ3n) is 2.08. The Balaban J connectivity index is 1.72. The van der Waals surface area contributed by atoms with Crippen LogP contribution in [0.2, 0.25) is 0 Å². The molecule has 1 unspecified atom stereocenters. The lowest BCUT2D eigenvalue weighted by molar-refractivity contribution is -0.134. The van der Waals surface area contributed by atoms with Gasteiger partial charge < -0.3 is 14.9 Å². The first-order valence-electron chi connectivity index (χ1n) is 4.51. The Morgan fingerprint density at radius 2 is 2.23 bits per heavy atom. The summed E-state index contributed by atoms with van der Waals surface area (Å²) in [7, 11) is 0. The molecule has 0 aromatic carbocycles. The Morgan fingerprint density at radius 3 is 2.92 bits per heavy atom. The minimum absolute atomic E-state index is 0.274. The fourth-order valence-electron chi connectivity index (χ4n) is 1.31. The van der Waals surface area contributed by atoms with Crippen LogP contribution in [-0.4, -0.2) is 30.7 Å². The third-order valence-corrected chi connectivity index (χ3v) is 2.08. The summed E-state index contributed by atoms with van der Waals surface area (Å²) in [5.74, 6) is 0. The van der Waals surface area contributed by atoms with Gasteiger partial charge in [0.05, 0.1) is 19.3 Å². The van der Waals surface area contributed by atoms with E-state index in [0.29, 0.717) is 6.79 Å². The molecule has 13 heavy (non-hydrogen) atoms. The van der Waals surface area contributed by atoms with Crippen molar-refractivity contribution in [2.45, 2.75) is 12.5 Å². The molecule has 0 radical (unpaired) electrons. The lowest BCUT2D eigenvalue weighted by Crippen LogP contribution is -2.32. The fourth-order valence-corrected chi connectivity index (χ4v) is 1.31. The summed E-state index contributed by atoms with van der Waals surface area (Å²) in [6, 6.07) is 3.97. The molecule has 1 aromatic rings. The van der Waals surface area contributed by atoms with E-state index < -0.39 is 0 Å². The zero-order chi connectivity index (χ0) is 8.93. The van der Waals surface area contributed by atoms with Crippen LogP contribution in [0, 0.1) is 0 Å². The predicted molar refractivity (Wildman–Crippen MR) is 49.0 cm³/mol. The normalized spacial score (nSPS) is 22.9. The zero-order valence-corrected chi connectivity index (χ0v) is 7.48. The maximum atomic E-state index is 5.38. The molecule has 2 rings (SSSR count). The molecule has 1 aliphatic rings. The Labute approximate surface area is 77.4 Å². The van der Waals surface area contributed by atoms with Crippen LogP contribution in [0.4, 0.5) is 0 Å². The van der Waals surface area contributed by atoms with Gasteiger partial charge in [-0.05, 0) is 18.6 Å². The average Bonchev–Trinajstić information content (AvgIpc) is 2.69. The summed E-state index contributed by atoms with van der Waals surface area (Å²) in [6.07, 6.45) is 5.18. The smallest absolute Gasteiger partial charge is 0.147 e. The molecule has 4 heteroatoms. The van der Waals surface area contributed by atoms with Crippen molar-refractivity contribution >= 4 is 0 Å². The molecule has 0 bridgehead atoms. The second kappa shape index (κ2) is 4.30. The highest BCUT2D eigenvalue weighted by atomic mass is 16.7. The Bertz CT molecular complexity index is 230. The molecular formula is C9H14N2O2. The number of rotatable bonds is 3. The average molecular weight is 182 g/mol. The lowest BCUT2D eigenvalue weighted by atomic mass is 10.2. The second-order valence-electron chi connectivity index (χ2n) is 3.06. The summed E-state index contributed by atoms with van der Waals surface area (Å²) < 4.78 is 12.4. The molecule has 1 atom stereocenters. The number of hydrogen-bond donors (Lipinski definition) is 1. The van der Waals surface area contributed by atoms with E-state index in [4.69, 9.17) is 9.47 Å². The van der Waals surface area contributed by atoms with Crippen molar-refractivity contribution in [3.63, 3.8) is 0 Å². The first kappa shape index (κ1) is 8.59. The summed E-state index contributed by atoms with van der Waals surface area (Å²) in [6.45, 7) is 2.06. The van der Waals surface area contributed by atoms with Crippen LogP contribution in [0.15, 0.2) is 24.5 Å². The van der Waals surface area contributed by atoms with Gasteiger partial charge in [0.2, 0.25) is 0 Å². The van der Waals surface area contributed by atoms with Crippen LogP contribution in [-0.2, 0) is 9.47 Å². The van der Waals surface area contributed by atoms with Gasteiger partial charge in [0.15, 0.2) is 0 Å². The van der Waals surface area contributed by atoms with Gasteiger partial charge >= 0.3 is 0 Å². The van der Waals surface area contributed by atoms with Crippen LogP contribution >= 0.6 is 0 Å². The molecule has 1 aromatic heterocycles. The predicted octanol–water partition coefficient (Wildman–Crippen LogP) is 0.795. The number of nitrogens with zero attached hydrogens (tertiary/aromatic N) is 1. The van der Waals surface area contributed by atoms with E-state index in [9.17, 15) is 0 Å². The highest BCUT2D eigenvalue weighted by molar-refractivity contribution is 4.93. The van der Waals surface area contributed by atoms with Crippen molar-refractivity contribution in [1.29, 1.82) is 0 Å². The van der Waals surface area contributed by atoms with Gasteiger partial charge in [0.1, 0.15) is 6.79 Å². The molecule has 72 valence electrons. The molecule has 1 aliphatic heterocycles. The minimum Gasteiger partial charge on any atom is -0.355 e. The maximum absolute atomic E-state index is 5.38. The van der Waals surface area contributed by atoms with Crippen molar-refractivity contribution in [2.75, 3.05) is 25.4 Å². The van der Waals surface area contributed by atoms with Crippen LogP contribution in [0.5, 0.6) is 0 Å². The number of nitrogens with one attached hydrogen (secondary N) is 1. The van der Waals surface area contributed by atoms with E-state index in [2.05, 4.69) is 5.43 Å². The van der Waals surface area contributed by atoms with Crippen molar-refractivity contribution in [3.05, 3.63) is 24.5 Å². The van der Waals surface area contributed by atoms with Gasteiger partial charge in [-0.1, -0.05) is 0 Å². The monoisotopic (exact) mass is 182 g/mol. The summed E-state index contributed by atoms with van der Waals surface area (Å²) in [5.41, 5.74) is 3.23. The Morgan fingerprint density at radius 1 is 1.38 bits per heavy atom. The highest BCUT2D eigenvalue weighted by Gasteiger charge is 2.13. The summed E-state index contributed by atoms with van der Waals surface area (Å²) >= 11 is 0. The SMILES string of the molecule is c1ccn(NCC2CCOCO2)c1. The number of aromatic nitrogens is 1. The maximum Gasteiger partial charge on any atom is 0.147 e. The molecule has 0 saturated carbocycles. The Kier molecular flexibility index (Phi) is 2.84. The van der Waals surface area contributed by atoms with E-state index in [0.717, 1.165) is 19.6 Å². The molecule has 1 saturated heterocycles. The van der Waals surface area contributed by atoms with E-state index in [1.807, 2.05) is 29.2 Å². The molecule has 1 fully saturated rings. The first-order chi connectivity index (χ1) is 6.45. The van der Waals surface area contributed by atoms with Crippen LogP contribution < -0.4 is 5.43 Å². The molecule has 0 aliphatic carbocycles. The third kappa shape index (κ3) is 2.47. The van der Waals surface area contributed by atoms with E-state index in [1.165, 1.54) is 0 Å². The highest BCUT2D eigenvalue weighted by Crippen LogP contribution is 2.04. The van der Waals surface area contributed by atoms with Crippen molar-refractivity contribution in [1.82, 2.24) is 4.68 Å². The van der Waals surface area contributed by atoms with Crippen molar-refractivity contribution in [2.24, 2.45) is 0 Å². The molecule has 2 heterocycles. The molecular weight excluding hydrogens is 168 g/mol. The van der Waals surface area contributed by atoms with Gasteiger partial charge in [-0.3, -0.25) is 4.68 Å². The quantitative estimate of drug-likeness (QED) is 0.750. The fraction of sp³-hybridized carbons (Fsp3) is 0.556. The largest absolute Gasteiger partial charge is 0.355 e. The molecule has 0 amide bonds. The topological polar surface area (TPSA) is 35.4 Å². The second-order valence-corrected chi connectivity index (χ2v) is 3.06. The van der Waals surface area contributed by atoms with Crippen LogP contribution in [0.3, 0.4) is 0 Å². The van der Waals surface area contributed by atoms with Crippen LogP contribution in [0.1, 0.15) is 6.42 Å². The molecule has 4 nitrogen and oxygen atoms in total. The van der Waals surface area contributed by atoms with Crippen LogP contribution in [0.25, 0.3) is 0 Å². The minimum atomic E-state index is 0.274. The van der Waals surface area contributed by atoms with Crippen molar-refractivity contribution in [3.8, 4) is 0 Å². The lowest BCUT2D eigenvalue weighted by Gasteiger charge is -2.23. The first-order valence-corrected chi connectivity index (χ1v) is 4.51. The Hall–Kier alpha value is -1.00. The summed E-state index contributed by atoms with van der Waals surface area (Å²) in [4.78, 5) is 0. The van der Waals surface area contributed by atoms with E-state index >= 15 is 0 Å². The van der Waals surface area contributed by atoms with Gasteiger partial charge in [0, 0.05) is 12.4 Å². The summed E-state index contributed by atoms with van der Waals surface area (Å²) in [5, 5.41) is 0. The van der Waals surface area contributed by atoms with Gasteiger partial charge in [0.25, 0.3) is 0 Å². The van der Waals surface area contributed by atoms with Gasteiger partial charge in [-0.2, -0.15) is 0 Å². The van der Waals surface area contributed by atoms with E-state index in [-0.39, 0.29) is 6.10 Å². The van der Waals surface area contributed by atoms with Gasteiger partial charge in [-0.15, -0.1) is 0 Å². The number of hydrogen-bond acceptors (Lipinski definition) is 3. The molecule has 1 N–H and O–H groups in total.